The molecule has 0 N–H and O–H groups in total. The first-order valence-electron chi connectivity index (χ1n) is 5.19. The largest absolute Gasteiger partial charge is 0.365 e. The molecule has 3 heterocycles. The highest BCUT2D eigenvalue weighted by Gasteiger charge is 2.61. The predicted molar refractivity (Wildman–Crippen MR) is 52.8 cm³/mol. The van der Waals surface area contributed by atoms with Crippen LogP contribution in [0.4, 0.5) is 0 Å². The third-order valence-electron chi connectivity index (χ3n) is 3.19. The lowest BCUT2D eigenvalue weighted by Crippen LogP contribution is -2.34. The predicted octanol–water partition coefficient (Wildman–Crippen LogP) is 0.0424. The van der Waals surface area contributed by atoms with Crippen molar-refractivity contribution in [2.45, 2.75) is 12.2 Å². The molecule has 0 radical (unpaired) electrons. The van der Waals surface area contributed by atoms with Crippen molar-refractivity contribution in [1.82, 2.24) is 5.06 Å². The van der Waals surface area contributed by atoms with Crippen LogP contribution in [0.15, 0.2) is 24.8 Å². The molecule has 5 heteroatoms. The fraction of sp³-hybridized carbons (Fsp3) is 0.455. The molecule has 2 saturated heterocycles. The van der Waals surface area contributed by atoms with E-state index in [1.165, 1.54) is 6.08 Å². The molecule has 3 aliphatic rings. The molecule has 4 atom stereocenters. The fourth-order valence-electron chi connectivity index (χ4n) is 2.53. The second kappa shape index (κ2) is 3.26. The molecular formula is C11H11NO4. The van der Waals surface area contributed by atoms with Crippen LogP contribution >= 0.6 is 0 Å². The maximum absolute atomic E-state index is 11.9. The van der Waals surface area contributed by atoms with Gasteiger partial charge in [-0.3, -0.25) is 14.4 Å². The maximum atomic E-state index is 11.9. The molecule has 0 aromatic carbocycles. The quantitative estimate of drug-likeness (QED) is 0.499. The van der Waals surface area contributed by atoms with Crippen LogP contribution in [0.3, 0.4) is 0 Å². The van der Waals surface area contributed by atoms with Crippen LogP contribution in [0.2, 0.25) is 0 Å². The van der Waals surface area contributed by atoms with Crippen LogP contribution in [0.25, 0.3) is 0 Å². The summed E-state index contributed by atoms with van der Waals surface area (Å²) in [7, 11) is 0. The zero-order chi connectivity index (χ0) is 11.3. The highest BCUT2D eigenvalue weighted by atomic mass is 16.7. The Hall–Kier alpha value is -1.46. The Labute approximate surface area is 92.3 Å². The van der Waals surface area contributed by atoms with E-state index in [0.29, 0.717) is 0 Å². The van der Waals surface area contributed by atoms with Gasteiger partial charge in [0.05, 0.1) is 30.7 Å². The molecule has 0 aromatic heterocycles. The summed E-state index contributed by atoms with van der Waals surface area (Å²) in [6.45, 7) is 3.63. The Morgan fingerprint density at radius 2 is 1.88 bits per heavy atom. The molecule has 0 saturated carbocycles. The summed E-state index contributed by atoms with van der Waals surface area (Å²) in [5.74, 6) is -1.39. The van der Waals surface area contributed by atoms with Crippen molar-refractivity contribution in [1.29, 1.82) is 0 Å². The first-order valence-corrected chi connectivity index (χ1v) is 5.19. The minimum absolute atomic E-state index is 0.153. The molecule has 0 aromatic rings. The smallest absolute Gasteiger partial charge is 0.260 e. The first kappa shape index (κ1) is 9.74. The van der Waals surface area contributed by atoms with Crippen molar-refractivity contribution >= 4 is 11.8 Å². The van der Waals surface area contributed by atoms with Gasteiger partial charge in [0.25, 0.3) is 11.8 Å². The maximum Gasteiger partial charge on any atom is 0.260 e. The Kier molecular flexibility index (Phi) is 1.99. The van der Waals surface area contributed by atoms with Crippen LogP contribution in [0.5, 0.6) is 0 Å². The van der Waals surface area contributed by atoms with Crippen LogP contribution in [0, 0.1) is 11.8 Å². The number of ether oxygens (including phenoxy) is 1. The second-order valence-corrected chi connectivity index (χ2v) is 4.06. The molecule has 0 aliphatic carbocycles. The van der Waals surface area contributed by atoms with Crippen LogP contribution < -0.4 is 0 Å². The van der Waals surface area contributed by atoms with Gasteiger partial charge in [0.15, 0.2) is 0 Å². The van der Waals surface area contributed by atoms with Crippen molar-refractivity contribution in [2.24, 2.45) is 11.8 Å². The molecule has 2 bridgehead atoms. The SMILES string of the molecule is C=CCON1C(=O)[C@@H]2[C@H](C1=O)[C@@H]1C=C[C@H]2O1. The van der Waals surface area contributed by atoms with E-state index in [9.17, 15) is 9.59 Å². The van der Waals surface area contributed by atoms with Crippen LogP contribution in [-0.2, 0) is 19.2 Å². The molecule has 3 aliphatic heterocycles. The Bertz CT molecular complexity index is 373. The Morgan fingerprint density at radius 1 is 1.31 bits per heavy atom. The van der Waals surface area contributed by atoms with Gasteiger partial charge in [-0.1, -0.05) is 18.2 Å². The average molecular weight is 221 g/mol. The summed E-state index contributed by atoms with van der Waals surface area (Å²) >= 11 is 0. The van der Waals surface area contributed by atoms with Crippen LogP contribution in [-0.4, -0.2) is 35.7 Å². The van der Waals surface area contributed by atoms with Crippen molar-refractivity contribution in [2.75, 3.05) is 6.61 Å². The van der Waals surface area contributed by atoms with E-state index in [2.05, 4.69) is 6.58 Å². The molecule has 84 valence electrons. The Balaban J connectivity index is 1.86. The van der Waals surface area contributed by atoms with Crippen molar-refractivity contribution in [3.63, 3.8) is 0 Å². The minimum Gasteiger partial charge on any atom is -0.365 e. The summed E-state index contributed by atoms with van der Waals surface area (Å²) < 4.78 is 5.48. The van der Waals surface area contributed by atoms with E-state index < -0.39 is 11.8 Å². The van der Waals surface area contributed by atoms with Gasteiger partial charge in [0, 0.05) is 0 Å². The lowest BCUT2D eigenvalue weighted by atomic mass is 9.85. The third-order valence-corrected chi connectivity index (χ3v) is 3.19. The third kappa shape index (κ3) is 1.07. The average Bonchev–Trinajstić information content (AvgIpc) is 2.92. The molecule has 5 nitrogen and oxygen atoms in total. The monoisotopic (exact) mass is 221 g/mol. The molecule has 2 amide bonds. The number of hydrogen-bond donors (Lipinski definition) is 0. The molecular weight excluding hydrogens is 210 g/mol. The van der Waals surface area contributed by atoms with Gasteiger partial charge in [-0.25, -0.2) is 0 Å². The Morgan fingerprint density at radius 3 is 2.38 bits per heavy atom. The van der Waals surface area contributed by atoms with Crippen molar-refractivity contribution in [3.8, 4) is 0 Å². The topological polar surface area (TPSA) is 55.8 Å². The van der Waals surface area contributed by atoms with E-state index in [-0.39, 0.29) is 30.6 Å². The minimum atomic E-state index is -0.396. The zero-order valence-corrected chi connectivity index (χ0v) is 8.54. The van der Waals surface area contributed by atoms with Gasteiger partial charge in [-0.05, 0) is 0 Å². The van der Waals surface area contributed by atoms with Gasteiger partial charge in [0.2, 0.25) is 0 Å². The number of carbonyl (C=O) groups is 2. The molecule has 0 spiro atoms. The van der Waals surface area contributed by atoms with Gasteiger partial charge in [-0.15, -0.1) is 6.58 Å². The normalized spacial score (nSPS) is 39.6. The lowest BCUT2D eigenvalue weighted by molar-refractivity contribution is -0.188. The highest BCUT2D eigenvalue weighted by molar-refractivity contribution is 6.05. The van der Waals surface area contributed by atoms with Crippen molar-refractivity contribution in [3.05, 3.63) is 24.8 Å². The molecule has 0 unspecified atom stereocenters. The summed E-state index contributed by atoms with van der Waals surface area (Å²) in [5, 5.41) is 0.868. The first-order chi connectivity index (χ1) is 7.74. The number of carbonyl (C=O) groups excluding carboxylic acids is 2. The zero-order valence-electron chi connectivity index (χ0n) is 8.54. The van der Waals surface area contributed by atoms with E-state index in [1.54, 1.807) is 0 Å². The van der Waals surface area contributed by atoms with Crippen LogP contribution in [0.1, 0.15) is 0 Å². The van der Waals surface area contributed by atoms with Gasteiger partial charge >= 0.3 is 0 Å². The summed E-state index contributed by atoms with van der Waals surface area (Å²) in [6, 6.07) is 0. The lowest BCUT2D eigenvalue weighted by Gasteiger charge is -2.15. The highest BCUT2D eigenvalue weighted by Crippen LogP contribution is 2.44. The second-order valence-electron chi connectivity index (χ2n) is 4.06. The number of imide groups is 1. The summed E-state index contributed by atoms with van der Waals surface area (Å²) in [5.41, 5.74) is 0. The number of nitrogens with zero attached hydrogens (tertiary/aromatic N) is 1. The number of amides is 2. The fourth-order valence-corrected chi connectivity index (χ4v) is 2.53. The number of hydrogen-bond acceptors (Lipinski definition) is 4. The summed E-state index contributed by atoms with van der Waals surface area (Å²) in [6.07, 6.45) is 4.66. The number of rotatable bonds is 3. The van der Waals surface area contributed by atoms with E-state index >= 15 is 0 Å². The van der Waals surface area contributed by atoms with Crippen molar-refractivity contribution < 1.29 is 19.2 Å². The number of hydroxylamine groups is 2. The molecule has 3 rings (SSSR count). The van der Waals surface area contributed by atoms with Gasteiger partial charge < -0.3 is 4.74 Å². The van der Waals surface area contributed by atoms with E-state index in [4.69, 9.17) is 9.57 Å². The molecule has 2 fully saturated rings. The van der Waals surface area contributed by atoms with Gasteiger partial charge in [-0.2, -0.15) is 5.06 Å². The van der Waals surface area contributed by atoms with E-state index in [1.807, 2.05) is 12.2 Å². The number of fused-ring (bicyclic) bond motifs is 5. The van der Waals surface area contributed by atoms with E-state index in [0.717, 1.165) is 5.06 Å². The standard InChI is InChI=1S/C11H11NO4/c1-2-5-15-12-10(13)8-6-3-4-7(16-6)9(8)11(12)14/h2-4,6-9H,1,5H2/t6-,7+,8+,9-. The summed E-state index contributed by atoms with van der Waals surface area (Å²) in [4.78, 5) is 28.9. The molecule has 16 heavy (non-hydrogen) atoms. The van der Waals surface area contributed by atoms with Gasteiger partial charge in [0.1, 0.15) is 0 Å².